The van der Waals surface area contributed by atoms with Gasteiger partial charge < -0.3 is 5.32 Å². The molecule has 0 saturated carbocycles. The second kappa shape index (κ2) is 5.73. The molecule has 0 aromatic heterocycles. The van der Waals surface area contributed by atoms with Gasteiger partial charge in [-0.25, -0.2) is 0 Å². The Kier molecular flexibility index (Phi) is 4.04. The Labute approximate surface area is 114 Å². The van der Waals surface area contributed by atoms with Gasteiger partial charge in [0.15, 0.2) is 0 Å². The van der Waals surface area contributed by atoms with Crippen molar-refractivity contribution in [1.29, 1.82) is 0 Å². The van der Waals surface area contributed by atoms with Gasteiger partial charge >= 0.3 is 0 Å². The molecule has 0 bridgehead atoms. The van der Waals surface area contributed by atoms with Crippen molar-refractivity contribution in [2.75, 3.05) is 5.32 Å². The van der Waals surface area contributed by atoms with E-state index in [0.29, 0.717) is 0 Å². The van der Waals surface area contributed by atoms with Gasteiger partial charge in [-0.2, -0.15) is 4.99 Å². The highest BCUT2D eigenvalue weighted by molar-refractivity contribution is 9.10. The summed E-state index contributed by atoms with van der Waals surface area (Å²) in [6, 6.07) is 15.7. The van der Waals surface area contributed by atoms with Crippen LogP contribution in [0.1, 0.15) is 0 Å². The molecule has 0 atom stereocenters. The Balaban J connectivity index is 2.13. The van der Waals surface area contributed by atoms with Crippen LogP contribution in [0.5, 0.6) is 0 Å². The zero-order chi connectivity index (χ0) is 12.1. The Morgan fingerprint density at radius 1 is 0.941 bits per heavy atom. The summed E-state index contributed by atoms with van der Waals surface area (Å²) < 4.78 is 1.06. The Hall–Kier alpha value is -1.48. The molecule has 2 rings (SSSR count). The number of nitrogens with one attached hydrogen (secondary N) is 1. The molecule has 84 valence electrons. The van der Waals surface area contributed by atoms with Crippen LogP contribution in [0, 0.1) is 0 Å². The van der Waals surface area contributed by atoms with Gasteiger partial charge in [0, 0.05) is 15.8 Å². The van der Waals surface area contributed by atoms with E-state index >= 15 is 0 Å². The smallest absolute Gasteiger partial charge is 0.0741 e. The van der Waals surface area contributed by atoms with Gasteiger partial charge in [0.25, 0.3) is 0 Å². The number of halogens is 1. The third-order valence-electron chi connectivity index (χ3n) is 2.17. The summed E-state index contributed by atoms with van der Waals surface area (Å²) in [4.78, 5) is 3.90. The van der Waals surface area contributed by atoms with E-state index in [9.17, 15) is 0 Å². The lowest BCUT2D eigenvalue weighted by atomic mass is 10.2. The number of benzene rings is 2. The average Bonchev–Trinajstić information content (AvgIpc) is 2.35. The van der Waals surface area contributed by atoms with E-state index in [2.05, 4.69) is 43.6 Å². The van der Waals surface area contributed by atoms with Crippen LogP contribution in [-0.4, -0.2) is 5.16 Å². The Bertz CT molecular complexity index is 543. The number of hydrogen-bond acceptors (Lipinski definition) is 3. The van der Waals surface area contributed by atoms with E-state index < -0.39 is 0 Å². The number of anilines is 2. The van der Waals surface area contributed by atoms with Crippen molar-refractivity contribution in [2.24, 2.45) is 4.99 Å². The number of thiocarbonyl (C=S) groups is 1. The van der Waals surface area contributed by atoms with E-state index in [-0.39, 0.29) is 0 Å². The fraction of sp³-hybridized carbons (Fsp3) is 0. The minimum Gasteiger partial charge on any atom is -0.356 e. The predicted octanol–water partition coefficient (Wildman–Crippen LogP) is 4.93. The van der Waals surface area contributed by atoms with Crippen LogP contribution in [-0.2, 0) is 0 Å². The zero-order valence-corrected chi connectivity index (χ0v) is 11.3. The maximum Gasteiger partial charge on any atom is 0.0741 e. The maximum atomic E-state index is 4.55. The predicted molar refractivity (Wildman–Crippen MR) is 78.6 cm³/mol. The van der Waals surface area contributed by atoms with E-state index in [1.54, 1.807) is 0 Å². The van der Waals surface area contributed by atoms with Crippen LogP contribution in [0.3, 0.4) is 0 Å². The SMILES string of the molecule is S=C=Nc1ccc(Nc2ccc(Br)cc2)cc1. The lowest BCUT2D eigenvalue weighted by Crippen LogP contribution is -1.88. The standard InChI is InChI=1S/C13H9BrN2S/c14-10-1-3-12(4-2-10)16-13-7-5-11(6-8-13)15-9-17/h1-8,16H. The van der Waals surface area contributed by atoms with Crippen molar-refractivity contribution in [1.82, 2.24) is 0 Å². The third kappa shape index (κ3) is 3.49. The highest BCUT2D eigenvalue weighted by Gasteiger charge is 1.95. The molecule has 17 heavy (non-hydrogen) atoms. The Morgan fingerprint density at radius 3 is 2.00 bits per heavy atom. The third-order valence-corrected chi connectivity index (χ3v) is 2.79. The first-order chi connectivity index (χ1) is 8.28. The molecule has 2 aromatic rings. The van der Waals surface area contributed by atoms with E-state index in [1.165, 1.54) is 0 Å². The number of rotatable bonds is 3. The monoisotopic (exact) mass is 304 g/mol. The summed E-state index contributed by atoms with van der Waals surface area (Å²) in [6.45, 7) is 0. The molecular weight excluding hydrogens is 296 g/mol. The van der Waals surface area contributed by atoms with Gasteiger partial charge in [0.05, 0.1) is 10.8 Å². The minimum absolute atomic E-state index is 0.807. The first-order valence-electron chi connectivity index (χ1n) is 4.98. The number of nitrogens with zero attached hydrogens (tertiary/aromatic N) is 1. The molecule has 2 aromatic carbocycles. The van der Waals surface area contributed by atoms with Crippen molar-refractivity contribution in [3.05, 3.63) is 53.0 Å². The summed E-state index contributed by atoms with van der Waals surface area (Å²) in [5.74, 6) is 0. The average molecular weight is 305 g/mol. The molecule has 0 aliphatic heterocycles. The first-order valence-corrected chi connectivity index (χ1v) is 6.18. The van der Waals surface area contributed by atoms with Crippen molar-refractivity contribution >= 4 is 50.4 Å². The molecule has 0 radical (unpaired) electrons. The van der Waals surface area contributed by atoms with Gasteiger partial charge in [0.2, 0.25) is 0 Å². The quantitative estimate of drug-likeness (QED) is 0.642. The summed E-state index contributed by atoms with van der Waals surface area (Å²) in [7, 11) is 0. The van der Waals surface area contributed by atoms with Crippen LogP contribution in [0.25, 0.3) is 0 Å². The van der Waals surface area contributed by atoms with Crippen LogP contribution in [0.15, 0.2) is 58.0 Å². The highest BCUT2D eigenvalue weighted by Crippen LogP contribution is 2.21. The molecule has 0 unspecified atom stereocenters. The fourth-order valence-electron chi connectivity index (χ4n) is 1.37. The molecule has 2 nitrogen and oxygen atoms in total. The Morgan fingerprint density at radius 2 is 1.47 bits per heavy atom. The molecule has 0 heterocycles. The number of hydrogen-bond donors (Lipinski definition) is 1. The number of isothiocyanates is 1. The molecule has 4 heteroatoms. The topological polar surface area (TPSA) is 24.4 Å². The lowest BCUT2D eigenvalue weighted by Gasteiger charge is -2.06. The largest absolute Gasteiger partial charge is 0.356 e. The second-order valence-corrected chi connectivity index (χ2v) is 4.48. The van der Waals surface area contributed by atoms with Crippen LogP contribution >= 0.6 is 28.1 Å². The van der Waals surface area contributed by atoms with E-state index in [1.807, 2.05) is 48.5 Å². The van der Waals surface area contributed by atoms with E-state index in [0.717, 1.165) is 21.5 Å². The normalized spacial score (nSPS) is 9.47. The van der Waals surface area contributed by atoms with E-state index in [4.69, 9.17) is 0 Å². The van der Waals surface area contributed by atoms with Crippen molar-refractivity contribution in [2.45, 2.75) is 0 Å². The molecule has 0 aliphatic carbocycles. The van der Waals surface area contributed by atoms with Gasteiger partial charge in [-0.3, -0.25) is 0 Å². The lowest BCUT2D eigenvalue weighted by molar-refractivity contribution is 1.50. The maximum absolute atomic E-state index is 4.55. The second-order valence-electron chi connectivity index (χ2n) is 3.38. The summed E-state index contributed by atoms with van der Waals surface area (Å²) in [5, 5.41) is 5.63. The van der Waals surface area contributed by atoms with Crippen LogP contribution in [0.2, 0.25) is 0 Å². The molecule has 1 N–H and O–H groups in total. The molecule has 0 saturated heterocycles. The fourth-order valence-corrected chi connectivity index (χ4v) is 1.74. The van der Waals surface area contributed by atoms with Crippen LogP contribution in [0.4, 0.5) is 17.1 Å². The summed E-state index contributed by atoms with van der Waals surface area (Å²) >= 11 is 7.95. The molecular formula is C13H9BrN2S. The van der Waals surface area contributed by atoms with Gasteiger partial charge in [-0.1, -0.05) is 15.9 Å². The molecule has 0 amide bonds. The zero-order valence-electron chi connectivity index (χ0n) is 8.85. The molecule has 0 fully saturated rings. The van der Waals surface area contributed by atoms with Crippen molar-refractivity contribution in [3.8, 4) is 0 Å². The minimum atomic E-state index is 0.807. The summed E-state index contributed by atoms with van der Waals surface area (Å²) in [6.07, 6.45) is 0. The first kappa shape index (κ1) is 12.0. The summed E-state index contributed by atoms with van der Waals surface area (Å²) in [5.41, 5.74) is 2.86. The number of aliphatic imine (C=N–C) groups is 1. The highest BCUT2D eigenvalue weighted by atomic mass is 79.9. The van der Waals surface area contributed by atoms with Crippen LogP contribution < -0.4 is 5.32 Å². The van der Waals surface area contributed by atoms with Gasteiger partial charge in [-0.15, -0.1) is 0 Å². The molecule has 0 spiro atoms. The van der Waals surface area contributed by atoms with Crippen molar-refractivity contribution in [3.63, 3.8) is 0 Å². The van der Waals surface area contributed by atoms with Gasteiger partial charge in [-0.05, 0) is 60.7 Å². The molecule has 0 aliphatic rings. The van der Waals surface area contributed by atoms with Crippen molar-refractivity contribution < 1.29 is 0 Å². The van der Waals surface area contributed by atoms with Gasteiger partial charge in [0.1, 0.15) is 0 Å².